The summed E-state index contributed by atoms with van der Waals surface area (Å²) >= 11 is 12.0. The number of nitrogens with zero attached hydrogens (tertiary/aromatic N) is 6. The zero-order valence-electron chi connectivity index (χ0n) is 18.5. The number of rotatable bonds is 7. The van der Waals surface area contributed by atoms with Crippen molar-refractivity contribution in [2.45, 2.75) is 38.5 Å². The van der Waals surface area contributed by atoms with E-state index in [0.717, 1.165) is 13.9 Å². The maximum absolute atomic E-state index is 14.3. The summed E-state index contributed by atoms with van der Waals surface area (Å²) in [5.74, 6) is -4.41. The predicted molar refractivity (Wildman–Crippen MR) is 123 cm³/mol. The molecular weight excluding hydrogens is 530 g/mol. The molecule has 2 heterocycles. The first kappa shape index (κ1) is 25.8. The monoisotopic (exact) mass is 546 g/mol. The molecule has 36 heavy (non-hydrogen) atoms. The van der Waals surface area contributed by atoms with Gasteiger partial charge in [0.05, 0.1) is 17.1 Å². The van der Waals surface area contributed by atoms with Crippen molar-refractivity contribution in [2.24, 2.45) is 0 Å². The second kappa shape index (κ2) is 9.66. The molecule has 0 N–H and O–H groups in total. The molecule has 4 aromatic rings. The number of benzene rings is 2. The molecule has 0 spiro atoms. The van der Waals surface area contributed by atoms with E-state index in [9.17, 15) is 26.7 Å². The van der Waals surface area contributed by atoms with Gasteiger partial charge in [0.25, 0.3) is 0 Å². The Kier molecular flexibility index (Phi) is 6.93. The molecule has 0 radical (unpaired) electrons. The van der Waals surface area contributed by atoms with Crippen molar-refractivity contribution in [1.29, 1.82) is 0 Å². The molecule has 0 amide bonds. The molecule has 190 valence electrons. The molecule has 0 fully saturated rings. The van der Waals surface area contributed by atoms with Crippen LogP contribution in [-0.2, 0) is 19.0 Å². The van der Waals surface area contributed by atoms with E-state index in [-0.39, 0.29) is 22.4 Å². The van der Waals surface area contributed by atoms with Crippen molar-refractivity contribution < 1.29 is 22.0 Å². The van der Waals surface area contributed by atoms with E-state index in [1.807, 2.05) is 0 Å². The molecule has 0 saturated carbocycles. The molecule has 0 unspecified atom stereocenters. The van der Waals surface area contributed by atoms with E-state index >= 15 is 0 Å². The smallest absolute Gasteiger partial charge is 0.275 e. The van der Waals surface area contributed by atoms with Gasteiger partial charge in [-0.2, -0.15) is 22.0 Å². The minimum absolute atomic E-state index is 0.0486. The standard InChI is InChI=1S/C22H17Cl2F5N6O/c1-21(25,26)19-30-17(31-35(19)16-5-3-2-4-15(16)24)12-34-20(36)33(11-10-22(27,28)29)18(32-34)13-6-8-14(23)9-7-13/h2-9H,10-12H2,1H3. The zero-order valence-corrected chi connectivity index (χ0v) is 20.0. The maximum atomic E-state index is 14.3. The third-order valence-corrected chi connectivity index (χ3v) is 5.63. The SMILES string of the molecule is CC(F)(F)c1nc(Cn2nc(-c3ccc(Cl)cc3)n(CCC(F)(F)F)c2=O)nn1-c1ccccc1Cl. The van der Waals surface area contributed by atoms with Crippen LogP contribution < -0.4 is 5.69 Å². The first-order valence-corrected chi connectivity index (χ1v) is 11.2. The zero-order chi connectivity index (χ0) is 26.3. The highest BCUT2D eigenvalue weighted by Crippen LogP contribution is 2.30. The van der Waals surface area contributed by atoms with Crippen molar-refractivity contribution in [2.75, 3.05) is 0 Å². The van der Waals surface area contributed by atoms with Crippen LogP contribution in [0.3, 0.4) is 0 Å². The van der Waals surface area contributed by atoms with Gasteiger partial charge in [0.1, 0.15) is 6.54 Å². The molecule has 0 aliphatic heterocycles. The van der Waals surface area contributed by atoms with E-state index in [4.69, 9.17) is 23.2 Å². The lowest BCUT2D eigenvalue weighted by Gasteiger charge is -2.12. The van der Waals surface area contributed by atoms with E-state index in [1.54, 1.807) is 12.1 Å². The topological polar surface area (TPSA) is 70.5 Å². The van der Waals surface area contributed by atoms with Gasteiger partial charge in [-0.1, -0.05) is 35.3 Å². The Bertz CT molecular complexity index is 1440. The lowest BCUT2D eigenvalue weighted by molar-refractivity contribution is -0.136. The normalized spacial score (nSPS) is 12.3. The van der Waals surface area contributed by atoms with E-state index < -0.39 is 43.1 Å². The van der Waals surface area contributed by atoms with E-state index in [1.165, 1.54) is 36.4 Å². The molecule has 0 atom stereocenters. The average Bonchev–Trinajstić information content (AvgIpc) is 3.34. The molecule has 0 saturated heterocycles. The lowest BCUT2D eigenvalue weighted by atomic mass is 10.2. The number of alkyl halides is 5. The minimum atomic E-state index is -4.52. The third-order valence-electron chi connectivity index (χ3n) is 5.06. The largest absolute Gasteiger partial charge is 0.390 e. The molecule has 2 aromatic carbocycles. The van der Waals surface area contributed by atoms with Crippen LogP contribution in [0.5, 0.6) is 0 Å². The van der Waals surface area contributed by atoms with Gasteiger partial charge in [0.2, 0.25) is 5.82 Å². The number of halogens is 7. The van der Waals surface area contributed by atoms with Crippen LogP contribution in [0.1, 0.15) is 25.0 Å². The summed E-state index contributed by atoms with van der Waals surface area (Å²) in [7, 11) is 0. The van der Waals surface area contributed by atoms with Gasteiger partial charge in [-0.3, -0.25) is 4.57 Å². The van der Waals surface area contributed by atoms with Crippen molar-refractivity contribution in [3.05, 3.63) is 80.7 Å². The van der Waals surface area contributed by atoms with Crippen molar-refractivity contribution in [1.82, 2.24) is 29.1 Å². The van der Waals surface area contributed by atoms with E-state index in [2.05, 4.69) is 15.2 Å². The summed E-state index contributed by atoms with van der Waals surface area (Å²) < 4.78 is 69.9. The summed E-state index contributed by atoms with van der Waals surface area (Å²) in [4.78, 5) is 16.9. The van der Waals surface area contributed by atoms with Crippen molar-refractivity contribution in [3.8, 4) is 17.1 Å². The van der Waals surface area contributed by atoms with Crippen LogP contribution in [0.15, 0.2) is 53.3 Å². The predicted octanol–water partition coefficient (Wildman–Crippen LogP) is 5.71. The summed E-state index contributed by atoms with van der Waals surface area (Å²) in [6, 6.07) is 12.1. The molecule has 0 aliphatic carbocycles. The van der Waals surface area contributed by atoms with Crippen LogP contribution in [0.25, 0.3) is 17.1 Å². The maximum Gasteiger partial charge on any atom is 0.390 e. The van der Waals surface area contributed by atoms with Crippen LogP contribution >= 0.6 is 23.2 Å². The van der Waals surface area contributed by atoms with Crippen molar-refractivity contribution in [3.63, 3.8) is 0 Å². The molecule has 7 nitrogen and oxygen atoms in total. The Hall–Kier alpha value is -3.25. The molecule has 0 aliphatic rings. The minimum Gasteiger partial charge on any atom is -0.275 e. The van der Waals surface area contributed by atoms with Gasteiger partial charge in [-0.05, 0) is 36.4 Å². The lowest BCUT2D eigenvalue weighted by Crippen LogP contribution is -2.27. The fourth-order valence-corrected chi connectivity index (χ4v) is 3.77. The Morgan fingerprint density at radius 2 is 1.61 bits per heavy atom. The van der Waals surface area contributed by atoms with Crippen LogP contribution in [0, 0.1) is 0 Å². The fourth-order valence-electron chi connectivity index (χ4n) is 3.43. The van der Waals surface area contributed by atoms with Crippen LogP contribution in [-0.4, -0.2) is 35.3 Å². The van der Waals surface area contributed by atoms with E-state index in [0.29, 0.717) is 17.5 Å². The average molecular weight is 547 g/mol. The number of para-hydroxylation sites is 1. The molecule has 14 heteroatoms. The van der Waals surface area contributed by atoms with Crippen LogP contribution in [0.2, 0.25) is 10.0 Å². The summed E-state index contributed by atoms with van der Waals surface area (Å²) in [5.41, 5.74) is -0.407. The molecule has 4 rings (SSSR count). The highest BCUT2D eigenvalue weighted by Gasteiger charge is 2.34. The van der Waals surface area contributed by atoms with Gasteiger partial charge in [0, 0.05) is 24.1 Å². The number of aromatic nitrogens is 6. The second-order valence-electron chi connectivity index (χ2n) is 7.89. The highest BCUT2D eigenvalue weighted by atomic mass is 35.5. The third kappa shape index (κ3) is 5.59. The molecular formula is C22H17Cl2F5N6O. The Morgan fingerprint density at radius 3 is 2.22 bits per heavy atom. The Morgan fingerprint density at radius 1 is 0.944 bits per heavy atom. The Labute approximate surface area is 210 Å². The summed E-state index contributed by atoms with van der Waals surface area (Å²) in [5, 5.41) is 8.75. The van der Waals surface area contributed by atoms with Crippen molar-refractivity contribution >= 4 is 23.2 Å². The van der Waals surface area contributed by atoms with Gasteiger partial charge in [-0.15, -0.1) is 10.2 Å². The number of hydrogen-bond donors (Lipinski definition) is 0. The van der Waals surface area contributed by atoms with Crippen LogP contribution in [0.4, 0.5) is 22.0 Å². The quantitative estimate of drug-likeness (QED) is 0.278. The van der Waals surface area contributed by atoms with Gasteiger partial charge >= 0.3 is 17.8 Å². The van der Waals surface area contributed by atoms with Gasteiger partial charge in [-0.25, -0.2) is 19.1 Å². The first-order chi connectivity index (χ1) is 16.8. The van der Waals surface area contributed by atoms with Gasteiger partial charge in [0.15, 0.2) is 11.6 Å². The summed E-state index contributed by atoms with van der Waals surface area (Å²) in [6.07, 6.45) is -5.79. The fraction of sp³-hybridized carbons (Fsp3) is 0.273. The van der Waals surface area contributed by atoms with Gasteiger partial charge < -0.3 is 0 Å². The highest BCUT2D eigenvalue weighted by molar-refractivity contribution is 6.32. The first-order valence-electron chi connectivity index (χ1n) is 10.4. The Balaban J connectivity index is 1.78. The second-order valence-corrected chi connectivity index (χ2v) is 8.73. The number of hydrogen-bond acceptors (Lipinski definition) is 4. The molecule has 0 bridgehead atoms. The molecule has 2 aromatic heterocycles. The summed E-state index contributed by atoms with van der Waals surface area (Å²) in [6.45, 7) is -0.538.